The van der Waals surface area contributed by atoms with Gasteiger partial charge < -0.3 is 10.5 Å². The molecule has 0 fully saturated rings. The third-order valence-electron chi connectivity index (χ3n) is 1.64. The second-order valence-corrected chi connectivity index (χ2v) is 3.06. The third kappa shape index (κ3) is 2.31. The molecule has 1 aromatic heterocycles. The predicted octanol–water partition coefficient (Wildman–Crippen LogP) is 1.41. The van der Waals surface area contributed by atoms with Crippen molar-refractivity contribution in [1.82, 2.24) is 9.97 Å². The van der Waals surface area contributed by atoms with Gasteiger partial charge in [-0.15, -0.1) is 0 Å². The van der Waals surface area contributed by atoms with Gasteiger partial charge >= 0.3 is 0 Å². The second-order valence-electron chi connectivity index (χ2n) is 3.06. The van der Waals surface area contributed by atoms with E-state index in [4.69, 9.17) is 10.5 Å². The maximum atomic E-state index is 5.68. The predicted molar refractivity (Wildman–Crippen MR) is 51.6 cm³/mol. The van der Waals surface area contributed by atoms with E-state index in [-0.39, 0.29) is 6.10 Å². The van der Waals surface area contributed by atoms with E-state index in [9.17, 15) is 0 Å². The van der Waals surface area contributed by atoms with Crippen LogP contribution in [-0.4, -0.2) is 16.1 Å². The van der Waals surface area contributed by atoms with E-state index in [0.29, 0.717) is 11.7 Å². The van der Waals surface area contributed by atoms with E-state index in [2.05, 4.69) is 9.97 Å². The molecule has 1 aromatic rings. The molecule has 4 nitrogen and oxygen atoms in total. The topological polar surface area (TPSA) is 61.0 Å². The van der Waals surface area contributed by atoms with Gasteiger partial charge in [0.15, 0.2) is 0 Å². The third-order valence-corrected chi connectivity index (χ3v) is 1.64. The summed E-state index contributed by atoms with van der Waals surface area (Å²) in [5.41, 5.74) is 6.56. The van der Waals surface area contributed by atoms with Gasteiger partial charge in [0.05, 0.1) is 11.7 Å². The Kier molecular flexibility index (Phi) is 3.06. The van der Waals surface area contributed by atoms with Crippen molar-refractivity contribution in [2.75, 3.05) is 5.73 Å². The normalized spacial score (nSPS) is 10.5. The Labute approximate surface area is 78.1 Å². The molecule has 1 rings (SSSR count). The van der Waals surface area contributed by atoms with Crippen LogP contribution in [0.5, 0.6) is 5.88 Å². The van der Waals surface area contributed by atoms with Crippen molar-refractivity contribution in [3.05, 3.63) is 11.9 Å². The van der Waals surface area contributed by atoms with Crippen LogP contribution in [-0.2, 0) is 6.42 Å². The number of anilines is 1. The Balaban J connectivity index is 2.98. The number of nitrogens with two attached hydrogens (primary N) is 1. The van der Waals surface area contributed by atoms with Gasteiger partial charge in [-0.05, 0) is 20.3 Å². The molecule has 13 heavy (non-hydrogen) atoms. The molecule has 0 radical (unpaired) electrons. The van der Waals surface area contributed by atoms with Crippen LogP contribution in [0.3, 0.4) is 0 Å². The lowest BCUT2D eigenvalue weighted by Crippen LogP contribution is -2.10. The SMILES string of the molecule is CCc1c(N)ncnc1OC(C)C. The quantitative estimate of drug-likeness (QED) is 0.765. The molecule has 0 atom stereocenters. The van der Waals surface area contributed by atoms with Gasteiger partial charge in [0.1, 0.15) is 12.1 Å². The van der Waals surface area contributed by atoms with Gasteiger partial charge in [-0.2, -0.15) is 0 Å². The van der Waals surface area contributed by atoms with E-state index in [1.807, 2.05) is 20.8 Å². The summed E-state index contributed by atoms with van der Waals surface area (Å²) in [6.45, 7) is 5.91. The van der Waals surface area contributed by atoms with Gasteiger partial charge in [-0.1, -0.05) is 6.92 Å². The van der Waals surface area contributed by atoms with Crippen molar-refractivity contribution in [3.8, 4) is 5.88 Å². The average molecular weight is 181 g/mol. The van der Waals surface area contributed by atoms with Crippen LogP contribution in [0.1, 0.15) is 26.3 Å². The Bertz CT molecular complexity index is 286. The average Bonchev–Trinajstić information content (AvgIpc) is 2.03. The fraction of sp³-hybridized carbons (Fsp3) is 0.556. The molecule has 2 N–H and O–H groups in total. The minimum absolute atomic E-state index is 0.111. The molecular weight excluding hydrogens is 166 g/mol. The van der Waals surface area contributed by atoms with Crippen molar-refractivity contribution in [3.63, 3.8) is 0 Å². The first-order valence-corrected chi connectivity index (χ1v) is 4.41. The zero-order valence-corrected chi connectivity index (χ0v) is 8.24. The standard InChI is InChI=1S/C9H15N3O/c1-4-7-8(10)11-5-12-9(7)13-6(2)3/h5-6H,4H2,1-3H3,(H2,10,11,12). The first kappa shape index (κ1) is 9.77. The Morgan fingerprint density at radius 1 is 1.46 bits per heavy atom. The minimum Gasteiger partial charge on any atom is -0.475 e. The lowest BCUT2D eigenvalue weighted by atomic mass is 10.2. The van der Waals surface area contributed by atoms with Gasteiger partial charge in [0.25, 0.3) is 0 Å². The number of ether oxygens (including phenoxy) is 1. The zero-order chi connectivity index (χ0) is 9.84. The summed E-state index contributed by atoms with van der Waals surface area (Å²) in [6.07, 6.45) is 2.32. The van der Waals surface area contributed by atoms with Crippen LogP contribution in [0.15, 0.2) is 6.33 Å². The van der Waals surface area contributed by atoms with Crippen LogP contribution in [0, 0.1) is 0 Å². The van der Waals surface area contributed by atoms with Gasteiger partial charge in [0, 0.05) is 0 Å². The van der Waals surface area contributed by atoms with E-state index < -0.39 is 0 Å². The van der Waals surface area contributed by atoms with E-state index in [1.165, 1.54) is 6.33 Å². The highest BCUT2D eigenvalue weighted by Crippen LogP contribution is 2.20. The first-order chi connectivity index (χ1) is 6.15. The molecular formula is C9H15N3O. The highest BCUT2D eigenvalue weighted by atomic mass is 16.5. The van der Waals surface area contributed by atoms with Crippen LogP contribution >= 0.6 is 0 Å². The number of aromatic nitrogens is 2. The summed E-state index contributed by atoms with van der Waals surface area (Å²) in [5, 5.41) is 0. The fourth-order valence-corrected chi connectivity index (χ4v) is 1.07. The molecule has 4 heteroatoms. The molecule has 0 spiro atoms. The van der Waals surface area contributed by atoms with Crippen LogP contribution in [0.2, 0.25) is 0 Å². The summed E-state index contributed by atoms with van der Waals surface area (Å²) in [4.78, 5) is 7.94. The molecule has 0 aliphatic rings. The van der Waals surface area contributed by atoms with Crippen molar-refractivity contribution < 1.29 is 4.74 Å². The summed E-state index contributed by atoms with van der Waals surface area (Å²) >= 11 is 0. The number of rotatable bonds is 3. The van der Waals surface area contributed by atoms with Gasteiger partial charge in [-0.25, -0.2) is 9.97 Å². The highest BCUT2D eigenvalue weighted by Gasteiger charge is 2.09. The number of hydrogen-bond donors (Lipinski definition) is 1. The van der Waals surface area contributed by atoms with Crippen LogP contribution in [0.4, 0.5) is 5.82 Å². The summed E-state index contributed by atoms with van der Waals surface area (Å²) in [7, 11) is 0. The van der Waals surface area contributed by atoms with Gasteiger partial charge in [0.2, 0.25) is 5.88 Å². The molecule has 0 aromatic carbocycles. The maximum absolute atomic E-state index is 5.68. The van der Waals surface area contributed by atoms with E-state index >= 15 is 0 Å². The number of hydrogen-bond acceptors (Lipinski definition) is 4. The summed E-state index contributed by atoms with van der Waals surface area (Å²) < 4.78 is 5.49. The van der Waals surface area contributed by atoms with Gasteiger partial charge in [-0.3, -0.25) is 0 Å². The monoisotopic (exact) mass is 181 g/mol. The molecule has 0 saturated carbocycles. The fourth-order valence-electron chi connectivity index (χ4n) is 1.07. The molecule has 0 unspecified atom stereocenters. The van der Waals surface area contributed by atoms with Crippen molar-refractivity contribution >= 4 is 5.82 Å². The van der Waals surface area contributed by atoms with E-state index in [0.717, 1.165) is 12.0 Å². The first-order valence-electron chi connectivity index (χ1n) is 4.41. The smallest absolute Gasteiger partial charge is 0.222 e. The molecule has 0 bridgehead atoms. The molecule has 0 amide bonds. The largest absolute Gasteiger partial charge is 0.475 e. The van der Waals surface area contributed by atoms with Crippen LogP contribution < -0.4 is 10.5 Å². The zero-order valence-electron chi connectivity index (χ0n) is 8.24. The van der Waals surface area contributed by atoms with Crippen molar-refractivity contribution in [2.45, 2.75) is 33.3 Å². The molecule has 0 aliphatic heterocycles. The lowest BCUT2D eigenvalue weighted by molar-refractivity contribution is 0.230. The van der Waals surface area contributed by atoms with Crippen molar-refractivity contribution in [1.29, 1.82) is 0 Å². The van der Waals surface area contributed by atoms with Crippen LogP contribution in [0.25, 0.3) is 0 Å². The molecule has 72 valence electrons. The van der Waals surface area contributed by atoms with E-state index in [1.54, 1.807) is 0 Å². The Hall–Kier alpha value is -1.32. The van der Waals surface area contributed by atoms with Crippen molar-refractivity contribution in [2.24, 2.45) is 0 Å². The lowest BCUT2D eigenvalue weighted by Gasteiger charge is -2.12. The Morgan fingerprint density at radius 2 is 2.15 bits per heavy atom. The minimum atomic E-state index is 0.111. The number of nitrogen functional groups attached to an aromatic ring is 1. The molecule has 0 saturated heterocycles. The molecule has 0 aliphatic carbocycles. The molecule has 1 heterocycles. The number of nitrogens with zero attached hydrogens (tertiary/aromatic N) is 2. The highest BCUT2D eigenvalue weighted by molar-refractivity contribution is 5.44. The summed E-state index contributed by atoms with van der Waals surface area (Å²) in [6, 6.07) is 0. The maximum Gasteiger partial charge on any atom is 0.222 e. The Morgan fingerprint density at radius 3 is 2.69 bits per heavy atom. The second kappa shape index (κ2) is 4.07. The summed E-state index contributed by atoms with van der Waals surface area (Å²) in [5.74, 6) is 1.11.